The molecule has 1 atom stereocenters. The van der Waals surface area contributed by atoms with Crippen LogP contribution in [0.2, 0.25) is 12.6 Å². The van der Waals surface area contributed by atoms with E-state index in [2.05, 4.69) is 13.5 Å². The molecule has 0 aliphatic heterocycles. The lowest BCUT2D eigenvalue weighted by atomic mass is 10.6. The lowest BCUT2D eigenvalue weighted by molar-refractivity contribution is -0.193. The summed E-state index contributed by atoms with van der Waals surface area (Å²) < 4.78 is 10.3. The van der Waals surface area contributed by atoms with Crippen LogP contribution in [0.4, 0.5) is 0 Å². The molecule has 0 rings (SSSR count). The molecule has 0 aromatic heterocycles. The molecule has 0 spiro atoms. The van der Waals surface area contributed by atoms with Crippen LogP contribution in [-0.4, -0.2) is 28.8 Å². The molecule has 0 radical (unpaired) electrons. The topological polar surface area (TPSA) is 27.7 Å². The van der Waals surface area contributed by atoms with Crippen LogP contribution in [0.25, 0.3) is 0 Å². The molecule has 0 saturated heterocycles. The van der Waals surface area contributed by atoms with Gasteiger partial charge in [-0.3, -0.25) is 9.46 Å². The van der Waals surface area contributed by atoms with Crippen molar-refractivity contribution in [2.75, 3.05) is 20.4 Å². The van der Waals surface area contributed by atoms with Crippen LogP contribution in [0.1, 0.15) is 13.3 Å². The summed E-state index contributed by atoms with van der Waals surface area (Å²) >= 11 is 0. The fraction of sp³-hybridized carbons (Fsp3) is 1.00. The Labute approximate surface area is 69.7 Å². The zero-order chi connectivity index (χ0) is 8.74. The third-order valence-electron chi connectivity index (χ3n) is 1.51. The highest BCUT2D eigenvalue weighted by Crippen LogP contribution is 2.13. The monoisotopic (exact) mass is 178 g/mol. The van der Waals surface area contributed by atoms with Crippen molar-refractivity contribution in [1.29, 1.82) is 0 Å². The maximum Gasteiger partial charge on any atom is 0.261 e. The first-order chi connectivity index (χ1) is 5.18. The molecule has 68 valence electrons. The molecule has 3 nitrogen and oxygen atoms in total. The predicted octanol–water partition coefficient (Wildman–Crippen LogP) is 1.74. The maximum absolute atomic E-state index is 5.22. The fourth-order valence-corrected chi connectivity index (χ4v) is 3.52. The van der Waals surface area contributed by atoms with Crippen molar-refractivity contribution in [3.63, 3.8) is 0 Å². The molecule has 0 fully saturated rings. The second-order valence-electron chi connectivity index (χ2n) is 2.88. The molecule has 4 heteroatoms. The van der Waals surface area contributed by atoms with Gasteiger partial charge in [-0.25, -0.2) is 0 Å². The Bertz CT molecular complexity index is 80.7. The third-order valence-corrected chi connectivity index (χ3v) is 4.54. The Morgan fingerprint density at radius 3 is 2.27 bits per heavy atom. The van der Waals surface area contributed by atoms with E-state index in [4.69, 9.17) is 14.2 Å². The van der Waals surface area contributed by atoms with Crippen molar-refractivity contribution in [3.05, 3.63) is 0 Å². The van der Waals surface area contributed by atoms with Crippen LogP contribution in [0, 0.1) is 0 Å². The van der Waals surface area contributed by atoms with Crippen LogP contribution in [0.5, 0.6) is 0 Å². The minimum absolute atomic E-state index is 0.703. The second kappa shape index (κ2) is 5.71. The summed E-state index contributed by atoms with van der Waals surface area (Å²) in [5.41, 5.74) is 0. The van der Waals surface area contributed by atoms with Crippen molar-refractivity contribution in [2.24, 2.45) is 0 Å². The van der Waals surface area contributed by atoms with Gasteiger partial charge in [-0.05, 0) is 12.6 Å². The summed E-state index contributed by atoms with van der Waals surface area (Å²) in [7, 11) is 1.55. The van der Waals surface area contributed by atoms with Gasteiger partial charge in [0.25, 0.3) is 8.32 Å². The Morgan fingerprint density at radius 2 is 1.91 bits per heavy atom. The van der Waals surface area contributed by atoms with E-state index >= 15 is 0 Å². The Balaban J connectivity index is 3.79. The largest absolute Gasteiger partial charge is 0.385 e. The summed E-state index contributed by atoms with van der Waals surface area (Å²) in [6, 6.07) is 1.08. The number of hydrogen-bond acceptors (Lipinski definition) is 3. The number of hydrogen-bond donors (Lipinski definition) is 0. The van der Waals surface area contributed by atoms with E-state index in [1.165, 1.54) is 0 Å². The molecule has 0 amide bonds. The summed E-state index contributed by atoms with van der Waals surface area (Å²) in [5, 5.41) is 0. The third kappa shape index (κ3) is 4.52. The van der Waals surface area contributed by atoms with Crippen molar-refractivity contribution in [1.82, 2.24) is 0 Å². The Hall–Kier alpha value is 0.0969. The van der Waals surface area contributed by atoms with Crippen LogP contribution in [-0.2, 0) is 14.2 Å². The SMILES string of the molecule is CCC[Si](C)(COC)OOC. The molecular weight excluding hydrogens is 160 g/mol. The average molecular weight is 178 g/mol. The highest BCUT2D eigenvalue weighted by atomic mass is 28.4. The first kappa shape index (κ1) is 11.1. The molecule has 0 saturated carbocycles. The number of methoxy groups -OCH3 is 1. The number of rotatable bonds is 6. The van der Waals surface area contributed by atoms with Gasteiger partial charge in [0.2, 0.25) is 0 Å². The van der Waals surface area contributed by atoms with Crippen LogP contribution in [0.15, 0.2) is 0 Å². The van der Waals surface area contributed by atoms with Gasteiger partial charge in [-0.15, -0.1) is 0 Å². The Morgan fingerprint density at radius 1 is 1.27 bits per heavy atom. The zero-order valence-electron chi connectivity index (χ0n) is 7.85. The fourth-order valence-electron chi connectivity index (χ4n) is 1.17. The Kier molecular flexibility index (Phi) is 5.76. The molecule has 0 heterocycles. The minimum atomic E-state index is -1.69. The van der Waals surface area contributed by atoms with Crippen LogP contribution < -0.4 is 0 Å². The molecule has 0 aliphatic rings. The van der Waals surface area contributed by atoms with Gasteiger partial charge in [0.1, 0.15) is 0 Å². The van der Waals surface area contributed by atoms with E-state index in [0.29, 0.717) is 6.23 Å². The highest BCUT2D eigenvalue weighted by molar-refractivity contribution is 6.72. The van der Waals surface area contributed by atoms with Gasteiger partial charge in [0.15, 0.2) is 0 Å². The van der Waals surface area contributed by atoms with Crippen molar-refractivity contribution in [2.45, 2.75) is 25.9 Å². The lowest BCUT2D eigenvalue weighted by Gasteiger charge is -2.22. The first-order valence-electron chi connectivity index (χ1n) is 3.89. The van der Waals surface area contributed by atoms with E-state index in [1.807, 2.05) is 0 Å². The lowest BCUT2D eigenvalue weighted by Crippen LogP contribution is -2.39. The van der Waals surface area contributed by atoms with E-state index in [1.54, 1.807) is 14.2 Å². The van der Waals surface area contributed by atoms with Gasteiger partial charge in [-0.2, -0.15) is 0 Å². The summed E-state index contributed by atoms with van der Waals surface area (Å²) in [6.45, 7) is 4.25. The summed E-state index contributed by atoms with van der Waals surface area (Å²) in [5.74, 6) is 0. The van der Waals surface area contributed by atoms with E-state index < -0.39 is 8.32 Å². The average Bonchev–Trinajstić information content (AvgIpc) is 1.88. The number of ether oxygens (including phenoxy) is 1. The van der Waals surface area contributed by atoms with Crippen molar-refractivity contribution in [3.8, 4) is 0 Å². The molecule has 0 bridgehead atoms. The molecule has 0 aromatic carbocycles. The zero-order valence-corrected chi connectivity index (χ0v) is 8.85. The minimum Gasteiger partial charge on any atom is -0.385 e. The quantitative estimate of drug-likeness (QED) is 0.352. The molecule has 1 unspecified atom stereocenters. The van der Waals surface area contributed by atoms with Crippen LogP contribution >= 0.6 is 0 Å². The summed E-state index contributed by atoms with van der Waals surface area (Å²) in [4.78, 5) is 4.69. The smallest absolute Gasteiger partial charge is 0.261 e. The molecule has 0 N–H and O–H groups in total. The molecule has 0 aromatic rings. The van der Waals surface area contributed by atoms with Gasteiger partial charge < -0.3 is 4.74 Å². The standard InChI is InChI=1S/C7H18O3Si/c1-5-6-11(4,7-8-2)10-9-3/h5-7H2,1-4H3. The predicted molar refractivity (Wildman–Crippen MR) is 46.7 cm³/mol. The van der Waals surface area contributed by atoms with Gasteiger partial charge in [0.05, 0.1) is 13.3 Å². The molecule has 11 heavy (non-hydrogen) atoms. The van der Waals surface area contributed by atoms with E-state index in [-0.39, 0.29) is 0 Å². The summed E-state index contributed by atoms with van der Waals surface area (Å²) in [6.07, 6.45) is 1.82. The first-order valence-corrected chi connectivity index (χ1v) is 6.71. The van der Waals surface area contributed by atoms with E-state index in [9.17, 15) is 0 Å². The van der Waals surface area contributed by atoms with Gasteiger partial charge in [0, 0.05) is 7.11 Å². The normalized spacial score (nSPS) is 16.4. The van der Waals surface area contributed by atoms with Gasteiger partial charge >= 0.3 is 0 Å². The van der Waals surface area contributed by atoms with Crippen LogP contribution in [0.3, 0.4) is 0 Å². The van der Waals surface area contributed by atoms with Crippen molar-refractivity contribution >= 4 is 8.32 Å². The van der Waals surface area contributed by atoms with Crippen molar-refractivity contribution < 1.29 is 14.2 Å². The second-order valence-corrected chi connectivity index (χ2v) is 6.74. The molecular formula is C7H18O3Si. The van der Waals surface area contributed by atoms with Gasteiger partial charge in [-0.1, -0.05) is 13.3 Å². The maximum atomic E-state index is 5.22. The highest BCUT2D eigenvalue weighted by Gasteiger charge is 2.29. The molecule has 0 aliphatic carbocycles. The van der Waals surface area contributed by atoms with E-state index in [0.717, 1.165) is 12.5 Å².